The number of nitrogens with one attached hydrogen (secondary N) is 2. The zero-order valence-corrected chi connectivity index (χ0v) is 17.7. The molecule has 3 atom stereocenters. The maximum Gasteiger partial charge on any atom is 0.268 e. The molecule has 29 heavy (non-hydrogen) atoms. The van der Waals surface area contributed by atoms with Crippen molar-refractivity contribution in [2.45, 2.75) is 64.3 Å². The Morgan fingerprint density at radius 3 is 2.72 bits per heavy atom. The molecule has 2 heterocycles. The summed E-state index contributed by atoms with van der Waals surface area (Å²) < 4.78 is 0. The second-order valence-corrected chi connectivity index (χ2v) is 8.72. The minimum Gasteiger partial charge on any atom is -0.350 e. The van der Waals surface area contributed by atoms with Crippen LogP contribution in [0, 0.1) is 5.92 Å². The maximum atomic E-state index is 13.2. The molecular weight excluding hydrogens is 390 g/mol. The van der Waals surface area contributed by atoms with Crippen molar-refractivity contribution in [3.05, 3.63) is 34.9 Å². The Morgan fingerprint density at radius 1 is 1.28 bits per heavy atom. The van der Waals surface area contributed by atoms with Gasteiger partial charge >= 0.3 is 0 Å². The van der Waals surface area contributed by atoms with E-state index in [2.05, 4.69) is 34.6 Å². The van der Waals surface area contributed by atoms with Crippen molar-refractivity contribution in [2.75, 3.05) is 6.54 Å². The number of amidine groups is 1. The van der Waals surface area contributed by atoms with Gasteiger partial charge in [0.2, 0.25) is 5.91 Å². The lowest BCUT2D eigenvalue weighted by Crippen LogP contribution is -2.70. The monoisotopic (exact) mass is 417 g/mol. The van der Waals surface area contributed by atoms with E-state index in [0.717, 1.165) is 37.1 Å². The fraction of sp³-hybridized carbons (Fsp3) is 0.571. The lowest BCUT2D eigenvalue weighted by Gasteiger charge is -2.51. The highest BCUT2D eigenvalue weighted by atomic mass is 35.5. The molecule has 156 valence electrons. The van der Waals surface area contributed by atoms with Gasteiger partial charge in [0.15, 0.2) is 6.17 Å². The normalized spacial score (nSPS) is 26.0. The molecule has 2 amide bonds. The first-order valence-electron chi connectivity index (χ1n) is 10.4. The van der Waals surface area contributed by atoms with Crippen LogP contribution in [0.25, 0.3) is 0 Å². The lowest BCUT2D eigenvalue weighted by atomic mass is 9.85. The summed E-state index contributed by atoms with van der Waals surface area (Å²) in [5, 5.41) is 7.98. The van der Waals surface area contributed by atoms with E-state index in [-0.39, 0.29) is 36.4 Å². The summed E-state index contributed by atoms with van der Waals surface area (Å²) in [6.45, 7) is 4.61. The first kappa shape index (κ1) is 20.0. The molecule has 2 N–H and O–H groups in total. The third-order valence-corrected chi connectivity index (χ3v) is 6.45. The summed E-state index contributed by atoms with van der Waals surface area (Å²) in [6.07, 6.45) is 3.65. The minimum absolute atomic E-state index is 0.0439. The summed E-state index contributed by atoms with van der Waals surface area (Å²) in [6, 6.07) is 7.69. The van der Waals surface area contributed by atoms with Crippen molar-refractivity contribution < 1.29 is 9.59 Å². The van der Waals surface area contributed by atoms with Crippen LogP contribution < -0.4 is 10.7 Å². The Morgan fingerprint density at radius 2 is 2.00 bits per heavy atom. The van der Waals surface area contributed by atoms with Crippen molar-refractivity contribution >= 4 is 29.3 Å². The lowest BCUT2D eigenvalue weighted by molar-refractivity contribution is -0.152. The fourth-order valence-electron chi connectivity index (χ4n) is 4.68. The standard InChI is InChI=1S/C21H28ClN5O2/c1-13(2)19-24-25-20-21(29)26(16-9-5-6-10-17(16)27(19)20)12-18(28)23-11-14-7-3-4-8-15(14)22/h3-4,7-8,13,16-17,20,25H,5-6,9-12H2,1-2H3,(H,23,28). The highest BCUT2D eigenvalue weighted by Gasteiger charge is 2.51. The van der Waals surface area contributed by atoms with E-state index in [1.807, 2.05) is 18.2 Å². The Balaban J connectivity index is 1.47. The summed E-state index contributed by atoms with van der Waals surface area (Å²) in [5.41, 5.74) is 3.88. The smallest absolute Gasteiger partial charge is 0.268 e. The number of benzene rings is 1. The van der Waals surface area contributed by atoms with Crippen LogP contribution in [0.1, 0.15) is 45.1 Å². The van der Waals surface area contributed by atoms with Crippen molar-refractivity contribution in [3.63, 3.8) is 0 Å². The van der Waals surface area contributed by atoms with Crippen LogP contribution in [-0.2, 0) is 16.1 Å². The van der Waals surface area contributed by atoms with Crippen molar-refractivity contribution in [1.29, 1.82) is 0 Å². The van der Waals surface area contributed by atoms with Crippen LogP contribution in [-0.4, -0.2) is 52.2 Å². The number of halogens is 1. The van der Waals surface area contributed by atoms with Crippen LogP contribution >= 0.6 is 11.6 Å². The molecule has 3 unspecified atom stereocenters. The Hall–Kier alpha value is -2.28. The SMILES string of the molecule is CC(C)C1=NNC2C(=O)N(CC(=O)NCc3ccccc3Cl)C3CCCCC3N12. The molecule has 2 fully saturated rings. The van der Waals surface area contributed by atoms with Gasteiger partial charge in [-0.3, -0.25) is 15.0 Å². The molecular formula is C21H28ClN5O2. The third-order valence-electron chi connectivity index (χ3n) is 6.08. The molecule has 1 aliphatic carbocycles. The molecule has 7 nitrogen and oxygen atoms in total. The quantitative estimate of drug-likeness (QED) is 0.770. The second-order valence-electron chi connectivity index (χ2n) is 8.32. The van der Waals surface area contributed by atoms with Gasteiger partial charge in [-0.15, -0.1) is 0 Å². The van der Waals surface area contributed by atoms with E-state index in [0.29, 0.717) is 11.6 Å². The van der Waals surface area contributed by atoms with Crippen molar-refractivity contribution in [1.82, 2.24) is 20.5 Å². The number of piperazine rings is 1. The Labute approximate surface area is 176 Å². The van der Waals surface area contributed by atoms with Gasteiger partial charge in [0, 0.05) is 17.5 Å². The fourth-order valence-corrected chi connectivity index (χ4v) is 4.89. The molecule has 2 aliphatic heterocycles. The molecule has 0 bridgehead atoms. The van der Waals surface area contributed by atoms with E-state index in [4.69, 9.17) is 11.6 Å². The van der Waals surface area contributed by atoms with Crippen LogP contribution in [0.2, 0.25) is 5.02 Å². The van der Waals surface area contributed by atoms with E-state index in [9.17, 15) is 9.59 Å². The van der Waals surface area contributed by atoms with Gasteiger partial charge in [-0.25, -0.2) is 0 Å². The Kier molecular flexibility index (Phi) is 5.67. The molecule has 1 saturated carbocycles. The average Bonchev–Trinajstić information content (AvgIpc) is 3.16. The summed E-state index contributed by atoms with van der Waals surface area (Å²) >= 11 is 6.17. The molecule has 0 radical (unpaired) electrons. The highest BCUT2D eigenvalue weighted by Crippen LogP contribution is 2.35. The zero-order valence-electron chi connectivity index (χ0n) is 16.9. The van der Waals surface area contributed by atoms with Gasteiger partial charge < -0.3 is 15.1 Å². The molecule has 1 aromatic rings. The molecule has 1 saturated heterocycles. The van der Waals surface area contributed by atoms with Gasteiger partial charge in [0.1, 0.15) is 12.4 Å². The molecule has 1 aromatic carbocycles. The van der Waals surface area contributed by atoms with E-state index < -0.39 is 6.17 Å². The molecule has 3 aliphatic rings. The molecule has 0 aromatic heterocycles. The summed E-state index contributed by atoms with van der Waals surface area (Å²) in [4.78, 5) is 29.8. The highest BCUT2D eigenvalue weighted by molar-refractivity contribution is 6.31. The zero-order chi connectivity index (χ0) is 20.5. The predicted octanol–water partition coefficient (Wildman–Crippen LogP) is 2.31. The first-order chi connectivity index (χ1) is 14.0. The minimum atomic E-state index is -0.497. The second kappa shape index (κ2) is 8.22. The predicted molar refractivity (Wildman–Crippen MR) is 112 cm³/mol. The van der Waals surface area contributed by atoms with Gasteiger partial charge in [-0.2, -0.15) is 5.10 Å². The van der Waals surface area contributed by atoms with Crippen LogP contribution in [0.3, 0.4) is 0 Å². The molecule has 4 rings (SSSR count). The number of hydrazone groups is 1. The maximum absolute atomic E-state index is 13.2. The summed E-state index contributed by atoms with van der Waals surface area (Å²) in [7, 11) is 0. The first-order valence-corrected chi connectivity index (χ1v) is 10.8. The number of nitrogens with zero attached hydrogens (tertiary/aromatic N) is 3. The van der Waals surface area contributed by atoms with Crippen LogP contribution in [0.5, 0.6) is 0 Å². The number of hydrogen-bond donors (Lipinski definition) is 2. The number of amides is 2. The largest absolute Gasteiger partial charge is 0.350 e. The van der Waals surface area contributed by atoms with Crippen LogP contribution in [0.4, 0.5) is 0 Å². The van der Waals surface area contributed by atoms with Gasteiger partial charge in [-0.1, -0.05) is 56.5 Å². The van der Waals surface area contributed by atoms with E-state index in [1.165, 1.54) is 0 Å². The average molecular weight is 418 g/mol. The molecule has 0 spiro atoms. The number of rotatable bonds is 5. The summed E-state index contributed by atoms with van der Waals surface area (Å²) in [5.74, 6) is 0.955. The topological polar surface area (TPSA) is 77.0 Å². The Bertz CT molecular complexity index is 827. The number of carbonyl (C=O) groups excluding carboxylic acids is 2. The van der Waals surface area contributed by atoms with Crippen LogP contribution in [0.15, 0.2) is 29.4 Å². The van der Waals surface area contributed by atoms with Gasteiger partial charge in [0.25, 0.3) is 5.91 Å². The van der Waals surface area contributed by atoms with E-state index in [1.54, 1.807) is 11.0 Å². The molecule has 8 heteroatoms. The number of fused-ring (bicyclic) bond motifs is 3. The van der Waals surface area contributed by atoms with Crippen molar-refractivity contribution in [2.24, 2.45) is 11.0 Å². The van der Waals surface area contributed by atoms with Crippen molar-refractivity contribution in [3.8, 4) is 0 Å². The number of carbonyl (C=O) groups is 2. The number of hydrogen-bond acceptors (Lipinski definition) is 5. The van der Waals surface area contributed by atoms with Gasteiger partial charge in [0.05, 0.1) is 12.1 Å². The third kappa shape index (κ3) is 3.80. The van der Waals surface area contributed by atoms with Gasteiger partial charge in [-0.05, 0) is 24.5 Å². The van der Waals surface area contributed by atoms with E-state index >= 15 is 0 Å².